The van der Waals surface area contributed by atoms with Crippen molar-refractivity contribution in [3.63, 3.8) is 0 Å². The Balaban J connectivity index is 1.46. The van der Waals surface area contributed by atoms with Gasteiger partial charge in [0.25, 0.3) is 0 Å². The zero-order valence-electron chi connectivity index (χ0n) is 19.7. The molecule has 1 spiro atoms. The Kier molecular flexibility index (Phi) is 5.09. The van der Waals surface area contributed by atoms with Crippen molar-refractivity contribution >= 4 is 33.4 Å². The van der Waals surface area contributed by atoms with E-state index in [2.05, 4.69) is 15.9 Å². The number of anilines is 1. The molecule has 1 N–H and O–H groups in total. The van der Waals surface area contributed by atoms with Crippen molar-refractivity contribution in [1.82, 2.24) is 0 Å². The number of esters is 1. The first kappa shape index (κ1) is 23.0. The highest BCUT2D eigenvalue weighted by molar-refractivity contribution is 9.10. The fraction of sp³-hybridized carbons (Fsp3) is 0.429. The minimum atomic E-state index is -1.36. The first-order valence-corrected chi connectivity index (χ1v) is 13.0. The van der Waals surface area contributed by atoms with Crippen molar-refractivity contribution in [1.29, 1.82) is 0 Å². The number of nitrogens with zero attached hydrogens (tertiary/aromatic N) is 1. The van der Waals surface area contributed by atoms with Crippen LogP contribution in [0.4, 0.5) is 5.69 Å². The van der Waals surface area contributed by atoms with Gasteiger partial charge in [-0.2, -0.15) is 0 Å². The number of allylic oxidation sites excluding steroid dienone is 1. The average molecular weight is 538 g/mol. The minimum Gasteiger partial charge on any atom is -0.459 e. The summed E-state index contributed by atoms with van der Waals surface area (Å²) >= 11 is 3.51. The molecule has 0 aromatic heterocycles. The molecular formula is C28H28BrNO5. The second kappa shape index (κ2) is 7.76. The highest BCUT2D eigenvalue weighted by Crippen LogP contribution is 2.61. The van der Waals surface area contributed by atoms with E-state index >= 15 is 0 Å². The number of hydrogen-bond acceptors (Lipinski definition) is 6. The van der Waals surface area contributed by atoms with E-state index in [9.17, 15) is 14.7 Å². The second-order valence-corrected chi connectivity index (χ2v) is 11.5. The number of ether oxygens (including phenoxy) is 1. The quantitative estimate of drug-likeness (QED) is 0.548. The van der Waals surface area contributed by atoms with E-state index in [0.717, 1.165) is 15.7 Å². The zero-order valence-corrected chi connectivity index (χ0v) is 21.3. The number of hydrogen-bond donors (Lipinski definition) is 1. The first-order valence-electron chi connectivity index (χ1n) is 12.2. The van der Waals surface area contributed by atoms with Crippen LogP contribution in [0.15, 0.2) is 71.2 Å². The van der Waals surface area contributed by atoms with Crippen LogP contribution >= 0.6 is 15.9 Å². The third kappa shape index (κ3) is 3.01. The van der Waals surface area contributed by atoms with E-state index in [1.165, 1.54) is 6.08 Å². The van der Waals surface area contributed by atoms with Crippen molar-refractivity contribution in [2.45, 2.75) is 56.5 Å². The number of aliphatic hydroxyl groups is 1. The van der Waals surface area contributed by atoms with Crippen LogP contribution in [0.5, 0.6) is 0 Å². The van der Waals surface area contributed by atoms with Gasteiger partial charge in [0.2, 0.25) is 5.60 Å². The molecule has 0 radical (unpaired) electrons. The Labute approximate surface area is 213 Å². The number of para-hydroxylation sites is 1. The molecule has 7 heteroatoms. The molecule has 2 saturated heterocycles. The number of hydroxylamine groups is 1. The maximum Gasteiger partial charge on any atom is 0.342 e. The number of rotatable bonds is 2. The molecule has 6 nitrogen and oxygen atoms in total. The zero-order chi connectivity index (χ0) is 24.6. The highest BCUT2D eigenvalue weighted by atomic mass is 79.9. The molecule has 4 aliphatic rings. The normalized spacial score (nSPS) is 40.1. The topological polar surface area (TPSA) is 76.1 Å². The molecule has 182 valence electrons. The van der Waals surface area contributed by atoms with Crippen LogP contribution in [0.1, 0.15) is 44.7 Å². The number of carbonyl (C=O) groups is 2. The third-order valence-corrected chi connectivity index (χ3v) is 9.44. The van der Waals surface area contributed by atoms with Gasteiger partial charge in [-0.15, -0.1) is 0 Å². The van der Waals surface area contributed by atoms with Crippen LogP contribution in [0.25, 0.3) is 0 Å². The maximum atomic E-state index is 13.7. The lowest BCUT2D eigenvalue weighted by molar-refractivity contribution is -0.169. The lowest BCUT2D eigenvalue weighted by Crippen LogP contribution is -2.57. The van der Waals surface area contributed by atoms with Crippen LogP contribution in [-0.2, 0) is 19.2 Å². The highest BCUT2D eigenvalue weighted by Gasteiger charge is 2.74. The predicted molar refractivity (Wildman–Crippen MR) is 133 cm³/mol. The Morgan fingerprint density at radius 1 is 1.06 bits per heavy atom. The van der Waals surface area contributed by atoms with Crippen LogP contribution < -0.4 is 5.06 Å². The third-order valence-electron chi connectivity index (χ3n) is 8.91. The summed E-state index contributed by atoms with van der Waals surface area (Å²) in [6.45, 7) is 3.71. The van der Waals surface area contributed by atoms with Gasteiger partial charge in [0.05, 0.1) is 17.1 Å². The summed E-state index contributed by atoms with van der Waals surface area (Å²) in [5.41, 5.74) is -1.98. The summed E-state index contributed by atoms with van der Waals surface area (Å²) in [6, 6.07) is 17.6. The van der Waals surface area contributed by atoms with Crippen molar-refractivity contribution < 1.29 is 24.3 Å². The van der Waals surface area contributed by atoms with E-state index < -0.39 is 28.7 Å². The van der Waals surface area contributed by atoms with Crippen LogP contribution in [0.2, 0.25) is 0 Å². The van der Waals surface area contributed by atoms with Crippen molar-refractivity contribution in [2.75, 3.05) is 5.06 Å². The monoisotopic (exact) mass is 537 g/mol. The summed E-state index contributed by atoms with van der Waals surface area (Å²) < 4.78 is 7.02. The Hall–Kier alpha value is -2.48. The predicted octanol–water partition coefficient (Wildman–Crippen LogP) is 4.92. The lowest BCUT2D eigenvalue weighted by Gasteiger charge is -2.43. The largest absolute Gasteiger partial charge is 0.459 e. The Bertz CT molecular complexity index is 1220. The molecule has 2 aliphatic carbocycles. The smallest absolute Gasteiger partial charge is 0.342 e. The van der Waals surface area contributed by atoms with E-state index in [0.29, 0.717) is 19.3 Å². The van der Waals surface area contributed by atoms with Gasteiger partial charge in [-0.05, 0) is 67.7 Å². The van der Waals surface area contributed by atoms with Gasteiger partial charge in [0, 0.05) is 16.8 Å². The SMILES string of the molecule is C[C@H]1CC[C@@H]2[C@@H](OC(=O)[C@]23CC(c2ccc(Br)cc2)N(c2ccccc2)O3)[C@]2(C)C(=O)C=C[C@@]12O. The molecule has 1 saturated carbocycles. The fourth-order valence-electron chi connectivity index (χ4n) is 6.77. The van der Waals surface area contributed by atoms with E-state index in [-0.39, 0.29) is 23.7 Å². The number of fused-ring (bicyclic) bond motifs is 4. The average Bonchev–Trinajstić information content (AvgIpc) is 3.45. The number of carbonyl (C=O) groups excluding carboxylic acids is 2. The van der Waals surface area contributed by atoms with Gasteiger partial charge < -0.3 is 9.84 Å². The number of ketones is 1. The fourth-order valence-corrected chi connectivity index (χ4v) is 7.03. The van der Waals surface area contributed by atoms with Crippen molar-refractivity contribution in [3.05, 3.63) is 76.8 Å². The molecular weight excluding hydrogens is 510 g/mol. The van der Waals surface area contributed by atoms with Crippen LogP contribution in [0, 0.1) is 17.3 Å². The summed E-state index contributed by atoms with van der Waals surface area (Å²) in [6.07, 6.45) is 3.96. The summed E-state index contributed by atoms with van der Waals surface area (Å²) in [5.74, 6) is -1.18. The molecule has 6 rings (SSSR count). The Morgan fingerprint density at radius 2 is 1.77 bits per heavy atom. The van der Waals surface area contributed by atoms with Gasteiger partial charge in [-0.3, -0.25) is 9.63 Å². The van der Waals surface area contributed by atoms with Crippen LogP contribution in [0.3, 0.4) is 0 Å². The minimum absolute atomic E-state index is 0.162. The molecule has 2 aliphatic heterocycles. The van der Waals surface area contributed by atoms with Crippen LogP contribution in [-0.4, -0.2) is 34.2 Å². The summed E-state index contributed by atoms with van der Waals surface area (Å²) in [5, 5.41) is 13.5. The lowest BCUT2D eigenvalue weighted by atomic mass is 9.63. The molecule has 0 bridgehead atoms. The molecule has 1 unspecified atom stereocenters. The van der Waals surface area contributed by atoms with E-state index in [4.69, 9.17) is 9.57 Å². The number of benzene rings is 2. The van der Waals surface area contributed by atoms with Gasteiger partial charge in [0.15, 0.2) is 5.78 Å². The molecule has 0 amide bonds. The molecule has 2 aromatic rings. The molecule has 2 heterocycles. The van der Waals surface area contributed by atoms with Gasteiger partial charge in [0.1, 0.15) is 11.7 Å². The summed E-state index contributed by atoms with van der Waals surface area (Å²) in [7, 11) is 0. The standard InChI is InChI=1S/C28H28BrNO5/c1-17-8-13-21-24(26(2)23(31)14-15-28(17,26)33)34-25(32)27(21)16-22(18-9-11-19(29)12-10-18)30(35-27)20-6-4-3-5-7-20/h3-7,9-12,14-15,17,21-22,24,33H,8,13,16H2,1-2H3/t17-,21+,22?,24+,26-,27-,28+/m0/s1. The molecule has 35 heavy (non-hydrogen) atoms. The van der Waals surface area contributed by atoms with Crippen molar-refractivity contribution in [2.24, 2.45) is 17.3 Å². The molecule has 2 aromatic carbocycles. The van der Waals surface area contributed by atoms with E-state index in [1.54, 1.807) is 13.0 Å². The summed E-state index contributed by atoms with van der Waals surface area (Å²) in [4.78, 5) is 33.6. The first-order chi connectivity index (χ1) is 16.7. The molecule has 3 fully saturated rings. The molecule has 7 atom stereocenters. The van der Waals surface area contributed by atoms with Crippen molar-refractivity contribution in [3.8, 4) is 0 Å². The van der Waals surface area contributed by atoms with Gasteiger partial charge in [-0.25, -0.2) is 9.86 Å². The van der Waals surface area contributed by atoms with Gasteiger partial charge in [-0.1, -0.05) is 53.2 Å². The van der Waals surface area contributed by atoms with E-state index in [1.807, 2.05) is 66.6 Å². The number of halogens is 1. The Morgan fingerprint density at radius 3 is 2.49 bits per heavy atom. The maximum absolute atomic E-state index is 13.7. The van der Waals surface area contributed by atoms with Gasteiger partial charge >= 0.3 is 5.97 Å². The second-order valence-electron chi connectivity index (χ2n) is 10.5.